The molecule has 0 radical (unpaired) electrons. The summed E-state index contributed by atoms with van der Waals surface area (Å²) in [5.41, 5.74) is 2.12. The maximum Gasteiger partial charge on any atom is 0.191 e. The van der Waals surface area contributed by atoms with Gasteiger partial charge in [0.05, 0.1) is 17.6 Å². The van der Waals surface area contributed by atoms with Crippen LogP contribution in [0, 0.1) is 0 Å². The van der Waals surface area contributed by atoms with Gasteiger partial charge in [0.15, 0.2) is 5.96 Å². The molecular formula is C16H26IN5O. The van der Waals surface area contributed by atoms with E-state index in [1.165, 1.54) is 0 Å². The van der Waals surface area contributed by atoms with Gasteiger partial charge in [0, 0.05) is 33.2 Å². The number of ether oxygens (including phenoxy) is 1. The van der Waals surface area contributed by atoms with E-state index in [0.29, 0.717) is 6.61 Å². The molecule has 0 aliphatic rings. The summed E-state index contributed by atoms with van der Waals surface area (Å²) < 4.78 is 5.28. The number of para-hydroxylation sites is 2. The zero-order valence-electron chi connectivity index (χ0n) is 13.8. The number of hydrogen-bond acceptors (Lipinski definition) is 3. The van der Waals surface area contributed by atoms with Crippen molar-refractivity contribution in [3.8, 4) is 0 Å². The van der Waals surface area contributed by atoms with Gasteiger partial charge in [-0.25, -0.2) is 4.98 Å². The fraction of sp³-hybridized carbons (Fsp3) is 0.500. The number of H-pyrrole nitrogens is 1. The topological polar surface area (TPSA) is 74.3 Å². The molecule has 1 aromatic carbocycles. The molecular weight excluding hydrogens is 405 g/mol. The van der Waals surface area contributed by atoms with Crippen molar-refractivity contribution in [2.24, 2.45) is 4.99 Å². The minimum atomic E-state index is 0. The van der Waals surface area contributed by atoms with Gasteiger partial charge in [-0.15, -0.1) is 24.0 Å². The van der Waals surface area contributed by atoms with Gasteiger partial charge in [0.25, 0.3) is 0 Å². The van der Waals surface area contributed by atoms with E-state index in [4.69, 9.17) is 4.74 Å². The monoisotopic (exact) mass is 431 g/mol. The summed E-state index contributed by atoms with van der Waals surface area (Å²) in [4.78, 5) is 12.1. The molecule has 3 N–H and O–H groups in total. The van der Waals surface area contributed by atoms with E-state index in [1.54, 1.807) is 7.05 Å². The van der Waals surface area contributed by atoms with E-state index in [2.05, 4.69) is 25.6 Å². The van der Waals surface area contributed by atoms with Gasteiger partial charge < -0.3 is 20.4 Å². The number of imidazole rings is 1. The molecule has 7 heteroatoms. The summed E-state index contributed by atoms with van der Waals surface area (Å²) in [7, 11) is 1.77. The largest absolute Gasteiger partial charge is 0.380 e. The molecule has 0 aliphatic heterocycles. The van der Waals surface area contributed by atoms with Crippen LogP contribution in [-0.2, 0) is 11.2 Å². The molecule has 0 amide bonds. The molecule has 2 aromatic rings. The fourth-order valence-corrected chi connectivity index (χ4v) is 2.19. The van der Waals surface area contributed by atoms with Crippen LogP contribution >= 0.6 is 24.0 Å². The number of guanidine groups is 1. The smallest absolute Gasteiger partial charge is 0.191 e. The Bertz CT molecular complexity index is 566. The van der Waals surface area contributed by atoms with Crippen molar-refractivity contribution < 1.29 is 4.74 Å². The lowest BCUT2D eigenvalue weighted by Crippen LogP contribution is -2.39. The molecule has 0 atom stereocenters. The van der Waals surface area contributed by atoms with Crippen molar-refractivity contribution in [3.05, 3.63) is 30.1 Å². The predicted molar refractivity (Wildman–Crippen MR) is 106 cm³/mol. The van der Waals surface area contributed by atoms with Crippen LogP contribution in [0.25, 0.3) is 11.0 Å². The molecule has 0 bridgehead atoms. The van der Waals surface area contributed by atoms with Gasteiger partial charge in [-0.05, 0) is 25.5 Å². The molecule has 2 rings (SSSR count). The van der Waals surface area contributed by atoms with E-state index >= 15 is 0 Å². The van der Waals surface area contributed by atoms with Gasteiger partial charge >= 0.3 is 0 Å². The molecule has 1 aromatic heterocycles. The summed E-state index contributed by atoms with van der Waals surface area (Å²) >= 11 is 0. The van der Waals surface area contributed by atoms with Crippen LogP contribution < -0.4 is 10.6 Å². The summed E-state index contributed by atoms with van der Waals surface area (Å²) in [5, 5.41) is 6.51. The fourth-order valence-electron chi connectivity index (χ4n) is 2.19. The molecule has 0 unspecified atom stereocenters. The zero-order valence-corrected chi connectivity index (χ0v) is 16.1. The summed E-state index contributed by atoms with van der Waals surface area (Å²) in [6.07, 6.45) is 1.91. The Morgan fingerprint density at radius 1 is 1.26 bits per heavy atom. The number of aromatic nitrogens is 2. The highest BCUT2D eigenvalue weighted by atomic mass is 127. The number of benzene rings is 1. The van der Waals surface area contributed by atoms with E-state index < -0.39 is 0 Å². The third-order valence-electron chi connectivity index (χ3n) is 3.29. The van der Waals surface area contributed by atoms with Gasteiger partial charge in [0.1, 0.15) is 5.82 Å². The number of fused-ring (bicyclic) bond motifs is 1. The van der Waals surface area contributed by atoms with Gasteiger partial charge in [-0.3, -0.25) is 4.99 Å². The Kier molecular flexibility index (Phi) is 9.61. The number of aryl methyl sites for hydroxylation is 1. The number of halogens is 1. The lowest BCUT2D eigenvalue weighted by Gasteiger charge is -2.11. The van der Waals surface area contributed by atoms with Crippen LogP contribution in [0.2, 0.25) is 0 Å². The summed E-state index contributed by atoms with van der Waals surface area (Å²) in [5.74, 6) is 1.84. The number of aliphatic imine (C=N–C) groups is 1. The van der Waals surface area contributed by atoms with Gasteiger partial charge in [-0.1, -0.05) is 12.1 Å². The number of hydrogen-bond donors (Lipinski definition) is 3. The maximum absolute atomic E-state index is 5.28. The molecule has 0 aliphatic carbocycles. The Hall–Kier alpha value is -1.35. The van der Waals surface area contributed by atoms with Gasteiger partial charge in [-0.2, -0.15) is 0 Å². The van der Waals surface area contributed by atoms with Crippen molar-refractivity contribution >= 4 is 41.0 Å². The first-order valence-electron chi connectivity index (χ1n) is 7.79. The lowest BCUT2D eigenvalue weighted by atomic mass is 10.3. The highest BCUT2D eigenvalue weighted by Crippen LogP contribution is 2.10. The van der Waals surface area contributed by atoms with Crippen LogP contribution in [-0.4, -0.2) is 49.3 Å². The third kappa shape index (κ3) is 6.74. The molecule has 0 fully saturated rings. The average molecular weight is 431 g/mol. The maximum atomic E-state index is 5.28. The molecule has 0 saturated carbocycles. The SMILES string of the molecule is CCOCCNC(=NC)NCCCc1nc2ccccc2[nH]1.I. The second-order valence-corrected chi connectivity index (χ2v) is 4.93. The van der Waals surface area contributed by atoms with Crippen LogP contribution in [0.1, 0.15) is 19.2 Å². The molecule has 23 heavy (non-hydrogen) atoms. The number of nitrogens with one attached hydrogen (secondary N) is 3. The van der Waals surface area contributed by atoms with Crippen LogP contribution in [0.15, 0.2) is 29.3 Å². The molecule has 0 saturated heterocycles. The molecule has 6 nitrogen and oxygen atoms in total. The van der Waals surface area contributed by atoms with Crippen LogP contribution in [0.3, 0.4) is 0 Å². The first kappa shape index (κ1) is 19.7. The number of nitrogens with zero attached hydrogens (tertiary/aromatic N) is 2. The summed E-state index contributed by atoms with van der Waals surface area (Å²) in [6.45, 7) is 5.04. The first-order chi connectivity index (χ1) is 10.8. The van der Waals surface area contributed by atoms with Crippen molar-refractivity contribution in [2.45, 2.75) is 19.8 Å². The van der Waals surface area contributed by atoms with Crippen LogP contribution in [0.4, 0.5) is 0 Å². The van der Waals surface area contributed by atoms with E-state index in [-0.39, 0.29) is 24.0 Å². The minimum absolute atomic E-state index is 0. The van der Waals surface area contributed by atoms with E-state index in [9.17, 15) is 0 Å². The average Bonchev–Trinajstić information content (AvgIpc) is 2.96. The molecule has 1 heterocycles. The Morgan fingerprint density at radius 3 is 2.78 bits per heavy atom. The predicted octanol–water partition coefficient (Wildman–Crippen LogP) is 2.31. The second kappa shape index (κ2) is 11.2. The Balaban J connectivity index is 0.00000264. The number of rotatable bonds is 8. The summed E-state index contributed by atoms with van der Waals surface area (Å²) in [6, 6.07) is 8.10. The normalized spacial score (nSPS) is 11.3. The molecule has 128 valence electrons. The van der Waals surface area contributed by atoms with E-state index in [0.717, 1.165) is 55.4 Å². The Labute approximate surface area is 154 Å². The van der Waals surface area contributed by atoms with Gasteiger partial charge in [0.2, 0.25) is 0 Å². The second-order valence-electron chi connectivity index (χ2n) is 4.93. The molecule has 0 spiro atoms. The van der Waals surface area contributed by atoms with Crippen LogP contribution in [0.5, 0.6) is 0 Å². The van der Waals surface area contributed by atoms with Crippen molar-refractivity contribution in [3.63, 3.8) is 0 Å². The van der Waals surface area contributed by atoms with Crippen molar-refractivity contribution in [2.75, 3.05) is 33.4 Å². The number of aromatic amines is 1. The quantitative estimate of drug-likeness (QED) is 0.260. The standard InChI is InChI=1S/C16H25N5O.HI/c1-3-22-12-11-19-16(17-2)18-10-6-9-15-20-13-7-4-5-8-14(13)21-15;/h4-5,7-8H,3,6,9-12H2,1-2H3,(H,20,21)(H2,17,18,19);1H. The van der Waals surface area contributed by atoms with E-state index in [1.807, 2.05) is 31.2 Å². The zero-order chi connectivity index (χ0) is 15.6. The highest BCUT2D eigenvalue weighted by molar-refractivity contribution is 14.0. The third-order valence-corrected chi connectivity index (χ3v) is 3.29. The highest BCUT2D eigenvalue weighted by Gasteiger charge is 2.02. The lowest BCUT2D eigenvalue weighted by molar-refractivity contribution is 0.152. The van der Waals surface area contributed by atoms with Crippen molar-refractivity contribution in [1.29, 1.82) is 0 Å². The Morgan fingerprint density at radius 2 is 2.04 bits per heavy atom. The first-order valence-corrected chi connectivity index (χ1v) is 7.79. The minimum Gasteiger partial charge on any atom is -0.380 e. The van der Waals surface area contributed by atoms with Crippen molar-refractivity contribution in [1.82, 2.24) is 20.6 Å².